The molecule has 0 bridgehead atoms. The number of carboxylic acid groups (broad SMARTS) is 1. The quantitative estimate of drug-likeness (QED) is 0.261. The maximum Gasteiger partial charge on any atom is 0.408 e. The lowest BCUT2D eigenvalue weighted by Crippen LogP contribution is -2.44. The van der Waals surface area contributed by atoms with Crippen molar-refractivity contribution in [1.29, 1.82) is 0 Å². The fourth-order valence-corrected chi connectivity index (χ4v) is 1.69. The molecule has 1 saturated heterocycles. The summed E-state index contributed by atoms with van der Waals surface area (Å²) in [5.41, 5.74) is 8.35. The van der Waals surface area contributed by atoms with Gasteiger partial charge in [-0.3, -0.25) is 4.90 Å². The maximum atomic E-state index is 11.6. The zero-order valence-electron chi connectivity index (χ0n) is 9.02. The number of azide groups is 1. The second-order valence-electron chi connectivity index (χ2n) is 3.40. The zero-order valence-corrected chi connectivity index (χ0v) is 9.02. The van der Waals surface area contributed by atoms with Gasteiger partial charge in [-0.05, 0) is 12.0 Å². The van der Waals surface area contributed by atoms with E-state index in [0.29, 0.717) is 6.42 Å². The molecule has 1 fully saturated rings. The number of rotatable bonds is 4. The number of carbonyl (C=O) groups is 2. The van der Waals surface area contributed by atoms with Crippen molar-refractivity contribution in [1.82, 2.24) is 4.90 Å². The van der Waals surface area contributed by atoms with E-state index in [9.17, 15) is 9.59 Å². The molecule has 1 rings (SSSR count). The predicted octanol–water partition coefficient (Wildman–Crippen LogP) is 1.15. The second kappa shape index (κ2) is 5.76. The van der Waals surface area contributed by atoms with Gasteiger partial charge in [0.15, 0.2) is 0 Å². The fourth-order valence-electron chi connectivity index (χ4n) is 1.69. The number of hydrogen-bond donors (Lipinski definition) is 1. The molecule has 0 saturated carbocycles. The van der Waals surface area contributed by atoms with Crippen LogP contribution in [0, 0.1) is 0 Å². The van der Waals surface area contributed by atoms with Gasteiger partial charge in [0, 0.05) is 11.5 Å². The van der Waals surface area contributed by atoms with Gasteiger partial charge in [-0.2, -0.15) is 0 Å². The third-order valence-electron chi connectivity index (χ3n) is 2.40. The van der Waals surface area contributed by atoms with Gasteiger partial charge < -0.3 is 9.84 Å². The number of ether oxygens (including phenoxy) is 1. The highest BCUT2D eigenvalue weighted by atomic mass is 16.5. The Kier molecular flexibility index (Phi) is 4.36. The van der Waals surface area contributed by atoms with Gasteiger partial charge in [-0.25, -0.2) is 9.59 Å². The summed E-state index contributed by atoms with van der Waals surface area (Å²) >= 11 is 0. The van der Waals surface area contributed by atoms with Gasteiger partial charge in [0.25, 0.3) is 0 Å². The molecule has 0 spiro atoms. The lowest BCUT2D eigenvalue weighted by atomic mass is 10.1. The Balaban J connectivity index is 2.84. The van der Waals surface area contributed by atoms with Gasteiger partial charge in [0.05, 0.1) is 6.04 Å². The molecule has 0 radical (unpaired) electrons. The molecule has 8 nitrogen and oxygen atoms in total. The summed E-state index contributed by atoms with van der Waals surface area (Å²) in [4.78, 5) is 26.1. The van der Waals surface area contributed by atoms with Crippen LogP contribution in [0.4, 0.5) is 4.79 Å². The fraction of sp³-hybridized carbons (Fsp3) is 0.556. The predicted molar refractivity (Wildman–Crippen MR) is 57.2 cm³/mol. The first-order valence-electron chi connectivity index (χ1n) is 4.93. The van der Waals surface area contributed by atoms with Crippen LogP contribution in [-0.2, 0) is 9.53 Å². The van der Waals surface area contributed by atoms with Gasteiger partial charge in [0.1, 0.15) is 12.6 Å². The van der Waals surface area contributed by atoms with E-state index >= 15 is 0 Å². The maximum absolute atomic E-state index is 11.6. The first kappa shape index (κ1) is 12.9. The van der Waals surface area contributed by atoms with Gasteiger partial charge in [0.2, 0.25) is 0 Å². The van der Waals surface area contributed by atoms with Crippen molar-refractivity contribution >= 4 is 12.1 Å². The van der Waals surface area contributed by atoms with Gasteiger partial charge >= 0.3 is 12.1 Å². The van der Waals surface area contributed by atoms with Crippen molar-refractivity contribution in [3.05, 3.63) is 23.1 Å². The Morgan fingerprint density at radius 1 is 1.71 bits per heavy atom. The second-order valence-corrected chi connectivity index (χ2v) is 3.40. The molecule has 92 valence electrons. The molecule has 1 N–H and O–H groups in total. The SMILES string of the molecule is C=CCOC(=O)[C@@H]1[C@H](N=[N+]=[N-])CCN1C(=O)O. The zero-order chi connectivity index (χ0) is 12.8. The van der Waals surface area contributed by atoms with Crippen molar-refractivity contribution in [2.24, 2.45) is 5.11 Å². The molecule has 2 atom stereocenters. The van der Waals surface area contributed by atoms with Crippen LogP contribution in [0.2, 0.25) is 0 Å². The summed E-state index contributed by atoms with van der Waals surface area (Å²) in [6.45, 7) is 3.52. The van der Waals surface area contributed by atoms with Crippen LogP contribution in [0.3, 0.4) is 0 Å². The van der Waals surface area contributed by atoms with E-state index in [1.807, 2.05) is 0 Å². The molecule has 17 heavy (non-hydrogen) atoms. The van der Waals surface area contributed by atoms with Gasteiger partial charge in [-0.1, -0.05) is 17.8 Å². The lowest BCUT2D eigenvalue weighted by Gasteiger charge is -2.21. The smallest absolute Gasteiger partial charge is 0.408 e. The monoisotopic (exact) mass is 240 g/mol. The number of esters is 1. The molecule has 8 heteroatoms. The van der Waals surface area contributed by atoms with E-state index in [2.05, 4.69) is 16.6 Å². The minimum Gasteiger partial charge on any atom is -0.465 e. The number of hydrogen-bond acceptors (Lipinski definition) is 4. The highest BCUT2D eigenvalue weighted by molar-refractivity contribution is 5.82. The Morgan fingerprint density at radius 2 is 2.41 bits per heavy atom. The van der Waals surface area contributed by atoms with Crippen molar-refractivity contribution in [2.75, 3.05) is 13.2 Å². The molecule has 0 aromatic rings. The van der Waals surface area contributed by atoms with Crippen LogP contribution in [0.15, 0.2) is 17.8 Å². The average Bonchev–Trinajstić information content (AvgIpc) is 2.70. The molecule has 0 aromatic heterocycles. The van der Waals surface area contributed by atoms with Crippen molar-refractivity contribution in [3.8, 4) is 0 Å². The topological polar surface area (TPSA) is 116 Å². The molecule has 0 unspecified atom stereocenters. The Hall–Kier alpha value is -2.21. The lowest BCUT2D eigenvalue weighted by molar-refractivity contribution is -0.147. The van der Waals surface area contributed by atoms with E-state index < -0.39 is 24.1 Å². The van der Waals surface area contributed by atoms with Crippen molar-refractivity contribution in [2.45, 2.75) is 18.5 Å². The van der Waals surface area contributed by atoms with Crippen LogP contribution in [0.1, 0.15) is 6.42 Å². The van der Waals surface area contributed by atoms with Crippen LogP contribution in [0.25, 0.3) is 10.4 Å². The van der Waals surface area contributed by atoms with E-state index in [0.717, 1.165) is 4.90 Å². The first-order valence-corrected chi connectivity index (χ1v) is 4.93. The van der Waals surface area contributed by atoms with Crippen LogP contribution in [-0.4, -0.2) is 47.3 Å². The van der Waals surface area contributed by atoms with E-state index in [-0.39, 0.29) is 13.2 Å². The number of likely N-dealkylation sites (tertiary alicyclic amines) is 1. The summed E-state index contributed by atoms with van der Waals surface area (Å²) in [6.07, 6.45) is 0.450. The molecule has 0 aromatic carbocycles. The summed E-state index contributed by atoms with van der Waals surface area (Å²) in [6, 6.07) is -1.78. The summed E-state index contributed by atoms with van der Waals surface area (Å²) in [5.74, 6) is -0.720. The molecular weight excluding hydrogens is 228 g/mol. The standard InChI is InChI=1S/C9H12N4O4/c1-2-5-17-8(14)7-6(11-12-10)3-4-13(7)9(15)16/h2,6-7H,1,3-5H2,(H,15,16)/t6-,7+/m1/s1. The molecular formula is C9H12N4O4. The Labute approximate surface area is 97.1 Å². The number of carbonyl (C=O) groups excluding carboxylic acids is 1. The van der Waals surface area contributed by atoms with E-state index in [1.165, 1.54) is 6.08 Å². The Bertz CT molecular complexity index is 367. The molecule has 1 heterocycles. The van der Waals surface area contributed by atoms with Crippen LogP contribution < -0.4 is 0 Å². The van der Waals surface area contributed by atoms with Crippen molar-refractivity contribution in [3.63, 3.8) is 0 Å². The Morgan fingerprint density at radius 3 is 2.94 bits per heavy atom. The van der Waals surface area contributed by atoms with E-state index in [1.54, 1.807) is 0 Å². The molecule has 1 aliphatic rings. The summed E-state index contributed by atoms with van der Waals surface area (Å²) in [7, 11) is 0. The highest BCUT2D eigenvalue weighted by Crippen LogP contribution is 2.22. The van der Waals surface area contributed by atoms with Gasteiger partial charge in [-0.15, -0.1) is 0 Å². The number of nitrogens with zero attached hydrogens (tertiary/aromatic N) is 4. The summed E-state index contributed by atoms with van der Waals surface area (Å²) in [5, 5.41) is 12.3. The van der Waals surface area contributed by atoms with Crippen LogP contribution in [0.5, 0.6) is 0 Å². The highest BCUT2D eigenvalue weighted by Gasteiger charge is 2.42. The minimum absolute atomic E-state index is 0.00815. The van der Waals surface area contributed by atoms with Crippen molar-refractivity contribution < 1.29 is 19.4 Å². The normalized spacial score (nSPS) is 22.7. The van der Waals surface area contributed by atoms with E-state index in [4.69, 9.17) is 15.4 Å². The number of amides is 1. The minimum atomic E-state index is -1.24. The third kappa shape index (κ3) is 2.88. The average molecular weight is 240 g/mol. The molecule has 1 amide bonds. The summed E-state index contributed by atoms with van der Waals surface area (Å²) < 4.78 is 4.79. The molecule has 1 aliphatic heterocycles. The first-order chi connectivity index (χ1) is 8.11. The largest absolute Gasteiger partial charge is 0.465 e. The molecule has 0 aliphatic carbocycles. The van der Waals surface area contributed by atoms with Crippen LogP contribution >= 0.6 is 0 Å². The third-order valence-corrected chi connectivity index (χ3v) is 2.40.